The molecule has 0 amide bonds. The molecule has 1 aliphatic rings. The first-order valence-corrected chi connectivity index (χ1v) is 7.10. The van der Waals surface area contributed by atoms with Crippen LogP contribution in [0.4, 0.5) is 5.13 Å². The van der Waals surface area contributed by atoms with E-state index in [0.717, 1.165) is 24.6 Å². The molecule has 0 radical (unpaired) electrons. The minimum Gasteiger partial charge on any atom is -0.480 e. The standard InChI is InChI=1S/C12H19N3O3S/c1-12(2)5-7(3-4-18-12)14-11-15-8(6-19-11)9(13)10(16)17/h6-7,9H,3-5,13H2,1-2H3,(H,14,15)(H,16,17). The van der Waals surface area contributed by atoms with Crippen LogP contribution in [0.3, 0.4) is 0 Å². The lowest BCUT2D eigenvalue weighted by atomic mass is 9.94. The summed E-state index contributed by atoms with van der Waals surface area (Å²) in [6.07, 6.45) is 1.82. The van der Waals surface area contributed by atoms with E-state index in [1.165, 1.54) is 11.3 Å². The summed E-state index contributed by atoms with van der Waals surface area (Å²) in [5.41, 5.74) is 5.79. The van der Waals surface area contributed by atoms with E-state index < -0.39 is 12.0 Å². The van der Waals surface area contributed by atoms with Gasteiger partial charge >= 0.3 is 5.97 Å². The van der Waals surface area contributed by atoms with Crippen molar-refractivity contribution in [2.45, 2.75) is 44.4 Å². The molecular formula is C12H19N3O3S. The summed E-state index contributed by atoms with van der Waals surface area (Å²) in [5, 5.41) is 14.6. The maximum absolute atomic E-state index is 10.8. The second kappa shape index (κ2) is 5.44. The molecule has 0 aromatic carbocycles. The lowest BCUT2D eigenvalue weighted by Gasteiger charge is -2.35. The summed E-state index contributed by atoms with van der Waals surface area (Å²) in [7, 11) is 0. The van der Waals surface area contributed by atoms with Gasteiger partial charge in [-0.05, 0) is 26.7 Å². The number of nitrogens with one attached hydrogen (secondary N) is 1. The van der Waals surface area contributed by atoms with E-state index in [2.05, 4.69) is 24.1 Å². The summed E-state index contributed by atoms with van der Waals surface area (Å²) in [6.45, 7) is 4.85. The number of anilines is 1. The Labute approximate surface area is 116 Å². The maximum Gasteiger partial charge on any atom is 0.326 e. The van der Waals surface area contributed by atoms with E-state index in [-0.39, 0.29) is 5.60 Å². The summed E-state index contributed by atoms with van der Waals surface area (Å²) in [6, 6.07) is -0.762. The summed E-state index contributed by atoms with van der Waals surface area (Å²) < 4.78 is 5.65. The fourth-order valence-electron chi connectivity index (χ4n) is 2.15. The normalized spacial score (nSPS) is 23.8. The van der Waals surface area contributed by atoms with Gasteiger partial charge in [-0.25, -0.2) is 4.98 Å². The molecule has 0 saturated carbocycles. The lowest BCUT2D eigenvalue weighted by molar-refractivity contribution is -0.138. The van der Waals surface area contributed by atoms with Gasteiger partial charge in [0.15, 0.2) is 5.13 Å². The topological polar surface area (TPSA) is 97.5 Å². The van der Waals surface area contributed by atoms with E-state index >= 15 is 0 Å². The Balaban J connectivity index is 1.98. The predicted octanol–water partition coefficient (Wildman–Crippen LogP) is 1.60. The van der Waals surface area contributed by atoms with Gasteiger partial charge in [0.2, 0.25) is 0 Å². The Morgan fingerprint density at radius 2 is 2.47 bits per heavy atom. The molecule has 1 saturated heterocycles. The van der Waals surface area contributed by atoms with E-state index in [4.69, 9.17) is 15.6 Å². The number of hydrogen-bond acceptors (Lipinski definition) is 6. The largest absolute Gasteiger partial charge is 0.480 e. The lowest BCUT2D eigenvalue weighted by Crippen LogP contribution is -2.40. The third-order valence-corrected chi connectivity index (χ3v) is 3.92. The van der Waals surface area contributed by atoms with Crippen LogP contribution in [-0.4, -0.2) is 34.3 Å². The summed E-state index contributed by atoms with van der Waals surface area (Å²) in [5.74, 6) is -1.07. The zero-order chi connectivity index (χ0) is 14.0. The molecule has 0 bridgehead atoms. The van der Waals surface area contributed by atoms with Gasteiger partial charge in [0.05, 0.1) is 11.3 Å². The molecule has 1 aromatic rings. The molecule has 2 heterocycles. The number of carbonyl (C=O) groups is 1. The minimum atomic E-state index is -1.07. The van der Waals surface area contributed by atoms with Crippen LogP contribution < -0.4 is 11.1 Å². The van der Waals surface area contributed by atoms with Gasteiger partial charge in [-0.2, -0.15) is 0 Å². The molecule has 1 aromatic heterocycles. The number of aromatic nitrogens is 1. The second-order valence-electron chi connectivity index (χ2n) is 5.34. The van der Waals surface area contributed by atoms with Crippen molar-refractivity contribution in [2.75, 3.05) is 11.9 Å². The van der Waals surface area contributed by atoms with Gasteiger partial charge < -0.3 is 20.9 Å². The molecule has 1 aliphatic heterocycles. The van der Waals surface area contributed by atoms with Crippen LogP contribution in [0.15, 0.2) is 5.38 Å². The van der Waals surface area contributed by atoms with Crippen LogP contribution in [0, 0.1) is 0 Å². The Kier molecular flexibility index (Phi) is 4.07. The average molecular weight is 285 g/mol. The average Bonchev–Trinajstić information content (AvgIpc) is 2.75. The van der Waals surface area contributed by atoms with Gasteiger partial charge in [-0.1, -0.05) is 0 Å². The number of hydrogen-bond donors (Lipinski definition) is 3. The Hall–Kier alpha value is -1.18. The van der Waals surface area contributed by atoms with Crippen molar-refractivity contribution in [1.29, 1.82) is 0 Å². The smallest absolute Gasteiger partial charge is 0.326 e. The number of carboxylic acids is 1. The van der Waals surface area contributed by atoms with Crippen LogP contribution >= 0.6 is 11.3 Å². The van der Waals surface area contributed by atoms with Crippen LogP contribution in [0.1, 0.15) is 38.4 Å². The third kappa shape index (κ3) is 3.65. The number of nitrogens with two attached hydrogens (primary N) is 1. The molecule has 1 fully saturated rings. The number of rotatable bonds is 4. The highest BCUT2D eigenvalue weighted by molar-refractivity contribution is 7.13. The van der Waals surface area contributed by atoms with Crippen molar-refractivity contribution in [3.63, 3.8) is 0 Å². The van der Waals surface area contributed by atoms with Gasteiger partial charge in [-0.3, -0.25) is 4.79 Å². The molecule has 0 aliphatic carbocycles. The van der Waals surface area contributed by atoms with Gasteiger partial charge in [0, 0.05) is 18.0 Å². The Morgan fingerprint density at radius 3 is 3.11 bits per heavy atom. The highest BCUT2D eigenvalue weighted by Gasteiger charge is 2.29. The zero-order valence-electron chi connectivity index (χ0n) is 11.0. The number of nitrogens with zero attached hydrogens (tertiary/aromatic N) is 1. The Bertz CT molecular complexity index is 461. The van der Waals surface area contributed by atoms with Gasteiger partial charge in [-0.15, -0.1) is 11.3 Å². The van der Waals surface area contributed by atoms with Crippen molar-refractivity contribution < 1.29 is 14.6 Å². The maximum atomic E-state index is 10.8. The molecule has 2 rings (SSSR count). The first-order valence-electron chi connectivity index (χ1n) is 6.22. The number of thiazole rings is 1. The SMILES string of the molecule is CC1(C)CC(Nc2nc(C(N)C(=O)O)cs2)CCO1. The van der Waals surface area contributed by atoms with Crippen LogP contribution in [0.5, 0.6) is 0 Å². The molecule has 6 nitrogen and oxygen atoms in total. The van der Waals surface area contributed by atoms with Crippen molar-refractivity contribution in [2.24, 2.45) is 5.73 Å². The number of ether oxygens (including phenoxy) is 1. The molecule has 4 N–H and O–H groups in total. The summed E-state index contributed by atoms with van der Waals surface area (Å²) >= 11 is 1.38. The van der Waals surface area contributed by atoms with E-state index in [9.17, 15) is 4.79 Å². The van der Waals surface area contributed by atoms with E-state index in [1.54, 1.807) is 5.38 Å². The highest BCUT2D eigenvalue weighted by atomic mass is 32.1. The van der Waals surface area contributed by atoms with E-state index in [1.807, 2.05) is 0 Å². The van der Waals surface area contributed by atoms with Gasteiger partial charge in [0.1, 0.15) is 6.04 Å². The number of carboxylic acid groups (broad SMARTS) is 1. The van der Waals surface area contributed by atoms with Crippen molar-refractivity contribution >= 4 is 22.4 Å². The van der Waals surface area contributed by atoms with Crippen LogP contribution in [0.2, 0.25) is 0 Å². The molecule has 2 atom stereocenters. The highest BCUT2D eigenvalue weighted by Crippen LogP contribution is 2.28. The second-order valence-corrected chi connectivity index (χ2v) is 6.19. The molecular weight excluding hydrogens is 266 g/mol. The number of aliphatic carboxylic acids is 1. The molecule has 0 spiro atoms. The quantitative estimate of drug-likeness (QED) is 0.777. The first kappa shape index (κ1) is 14.2. The monoisotopic (exact) mass is 285 g/mol. The Morgan fingerprint density at radius 1 is 1.74 bits per heavy atom. The fourth-order valence-corrected chi connectivity index (χ4v) is 2.98. The van der Waals surface area contributed by atoms with Gasteiger partial charge in [0.25, 0.3) is 0 Å². The minimum absolute atomic E-state index is 0.131. The van der Waals surface area contributed by atoms with Crippen LogP contribution in [0.25, 0.3) is 0 Å². The van der Waals surface area contributed by atoms with Crippen molar-refractivity contribution in [3.8, 4) is 0 Å². The van der Waals surface area contributed by atoms with E-state index in [0.29, 0.717) is 11.7 Å². The predicted molar refractivity (Wildman–Crippen MR) is 73.4 cm³/mol. The molecule has 2 unspecified atom stereocenters. The van der Waals surface area contributed by atoms with Crippen molar-refractivity contribution in [3.05, 3.63) is 11.1 Å². The zero-order valence-corrected chi connectivity index (χ0v) is 11.9. The third-order valence-electron chi connectivity index (χ3n) is 3.13. The first-order chi connectivity index (χ1) is 8.87. The molecule has 7 heteroatoms. The molecule has 106 valence electrons. The van der Waals surface area contributed by atoms with Crippen LogP contribution in [-0.2, 0) is 9.53 Å². The molecule has 19 heavy (non-hydrogen) atoms. The fraction of sp³-hybridized carbons (Fsp3) is 0.667. The van der Waals surface area contributed by atoms with Crippen molar-refractivity contribution in [1.82, 2.24) is 4.98 Å². The summed E-state index contributed by atoms with van der Waals surface area (Å²) in [4.78, 5) is 15.0.